The molecule has 1 aliphatic carbocycles. The van der Waals surface area contributed by atoms with Crippen LogP contribution in [-0.2, 0) is 32.1 Å². The second kappa shape index (κ2) is 11.9. The van der Waals surface area contributed by atoms with Gasteiger partial charge in [-0.15, -0.1) is 0 Å². The Morgan fingerprint density at radius 3 is 2.19 bits per heavy atom. The summed E-state index contributed by atoms with van der Waals surface area (Å²) in [5.41, 5.74) is 1.95. The fourth-order valence-electron chi connectivity index (χ4n) is 3.77. The van der Waals surface area contributed by atoms with Crippen LogP contribution in [0.2, 0.25) is 0 Å². The number of alkyl carbamates (subject to hydrolysis) is 1. The number of benzene rings is 2. The Bertz CT molecular complexity index is 896. The molecule has 1 amide bonds. The molecule has 1 fully saturated rings. The first-order valence-electron chi connectivity index (χ1n) is 10.9. The van der Waals surface area contributed by atoms with Crippen LogP contribution in [0, 0.1) is 0 Å². The first-order chi connectivity index (χ1) is 15.0. The Balaban J connectivity index is 1.58. The lowest BCUT2D eigenvalue weighted by atomic mass is 9.98. The third kappa shape index (κ3) is 8.71. The molecule has 1 N–H and O–H groups in total. The predicted octanol–water partition coefficient (Wildman–Crippen LogP) is 4.59. The van der Waals surface area contributed by atoms with E-state index in [9.17, 15) is 13.2 Å². The lowest BCUT2D eigenvalue weighted by Gasteiger charge is -2.23. The van der Waals surface area contributed by atoms with Crippen LogP contribution in [0.5, 0.6) is 0 Å². The molecule has 168 valence electrons. The van der Waals surface area contributed by atoms with Crippen LogP contribution in [0.25, 0.3) is 0 Å². The molecule has 1 atom stereocenters. The minimum absolute atomic E-state index is 0.128. The van der Waals surface area contributed by atoms with Gasteiger partial charge in [0.15, 0.2) is 0 Å². The Kier molecular flexibility index (Phi) is 8.91. The van der Waals surface area contributed by atoms with Gasteiger partial charge in [0.25, 0.3) is 10.1 Å². The molecule has 1 aliphatic rings. The fourth-order valence-corrected chi connectivity index (χ4v) is 5.20. The van der Waals surface area contributed by atoms with Crippen molar-refractivity contribution in [2.24, 2.45) is 0 Å². The van der Waals surface area contributed by atoms with E-state index in [0.717, 1.165) is 43.2 Å². The maximum atomic E-state index is 12.7. The van der Waals surface area contributed by atoms with Crippen LogP contribution in [-0.4, -0.2) is 32.4 Å². The summed E-state index contributed by atoms with van der Waals surface area (Å²) in [6.45, 7) is 0.128. The van der Waals surface area contributed by atoms with Gasteiger partial charge in [-0.3, -0.25) is 4.18 Å². The minimum Gasteiger partial charge on any atom is -0.445 e. The number of carbonyl (C=O) groups is 1. The summed E-state index contributed by atoms with van der Waals surface area (Å²) in [6, 6.07) is 18.5. The van der Waals surface area contributed by atoms with E-state index in [1.165, 1.54) is 0 Å². The zero-order valence-electron chi connectivity index (χ0n) is 17.7. The largest absolute Gasteiger partial charge is 0.445 e. The molecule has 1 saturated carbocycles. The average molecular weight is 446 g/mol. The molecule has 0 bridgehead atoms. The van der Waals surface area contributed by atoms with Crippen LogP contribution < -0.4 is 5.32 Å². The summed E-state index contributed by atoms with van der Waals surface area (Å²) in [5.74, 6) is -0.267. The van der Waals surface area contributed by atoms with E-state index in [-0.39, 0.29) is 18.5 Å². The number of aryl methyl sites for hydroxylation is 1. The molecular weight excluding hydrogens is 414 g/mol. The van der Waals surface area contributed by atoms with Crippen molar-refractivity contribution in [1.82, 2.24) is 5.32 Å². The van der Waals surface area contributed by atoms with Crippen LogP contribution in [0.4, 0.5) is 4.79 Å². The third-order valence-electron chi connectivity index (χ3n) is 5.40. The minimum atomic E-state index is -3.77. The fraction of sp³-hybridized carbons (Fsp3) is 0.458. The van der Waals surface area contributed by atoms with Gasteiger partial charge in [0.05, 0.1) is 11.9 Å². The van der Waals surface area contributed by atoms with E-state index in [1.54, 1.807) is 0 Å². The molecule has 0 saturated heterocycles. The Morgan fingerprint density at radius 2 is 1.55 bits per heavy atom. The summed E-state index contributed by atoms with van der Waals surface area (Å²) in [5, 5.41) is 2.73. The first-order valence-corrected chi connectivity index (χ1v) is 12.5. The number of amides is 1. The SMILES string of the molecule is O=C(N[C@@H](CCc1ccccc1)CS(=O)(=O)OC1CCCCC1)OCc1ccccc1. The maximum absolute atomic E-state index is 12.7. The number of carbonyl (C=O) groups excluding carboxylic acids is 1. The van der Waals surface area contributed by atoms with Crippen molar-refractivity contribution in [2.75, 3.05) is 5.75 Å². The normalized spacial score (nSPS) is 15.9. The molecule has 0 spiro atoms. The summed E-state index contributed by atoms with van der Waals surface area (Å²) in [6.07, 6.45) is 4.85. The molecule has 0 unspecified atom stereocenters. The monoisotopic (exact) mass is 445 g/mol. The van der Waals surface area contributed by atoms with Crippen molar-refractivity contribution in [3.63, 3.8) is 0 Å². The molecule has 6 nitrogen and oxygen atoms in total. The standard InChI is InChI=1S/C24H31NO5S/c26-24(29-18-21-12-6-2-7-13-21)25-22(17-16-20-10-4-1-5-11-20)19-31(27,28)30-23-14-8-3-9-15-23/h1-2,4-7,10-13,22-23H,3,8-9,14-19H2,(H,25,26)/t22-/m0/s1. The smallest absolute Gasteiger partial charge is 0.407 e. The lowest BCUT2D eigenvalue weighted by molar-refractivity contribution is 0.135. The van der Waals surface area contributed by atoms with Gasteiger partial charge in [-0.25, -0.2) is 4.79 Å². The van der Waals surface area contributed by atoms with Crippen molar-refractivity contribution >= 4 is 16.2 Å². The second-order valence-electron chi connectivity index (χ2n) is 8.01. The lowest BCUT2D eigenvalue weighted by Crippen LogP contribution is -2.41. The van der Waals surface area contributed by atoms with Gasteiger partial charge in [-0.05, 0) is 36.8 Å². The van der Waals surface area contributed by atoms with E-state index in [2.05, 4.69) is 5.32 Å². The second-order valence-corrected chi connectivity index (χ2v) is 9.65. The van der Waals surface area contributed by atoms with Gasteiger partial charge in [-0.2, -0.15) is 8.42 Å². The maximum Gasteiger partial charge on any atom is 0.407 e. The first kappa shape index (κ1) is 23.3. The third-order valence-corrected chi connectivity index (χ3v) is 6.78. The van der Waals surface area contributed by atoms with Crippen molar-refractivity contribution in [3.05, 3.63) is 71.8 Å². The van der Waals surface area contributed by atoms with Crippen molar-refractivity contribution in [2.45, 2.75) is 63.7 Å². The van der Waals surface area contributed by atoms with E-state index >= 15 is 0 Å². The highest BCUT2D eigenvalue weighted by molar-refractivity contribution is 7.86. The van der Waals surface area contributed by atoms with E-state index in [4.69, 9.17) is 8.92 Å². The zero-order valence-corrected chi connectivity index (χ0v) is 18.6. The average Bonchev–Trinajstić information content (AvgIpc) is 2.77. The van der Waals surface area contributed by atoms with E-state index in [0.29, 0.717) is 12.8 Å². The topological polar surface area (TPSA) is 81.7 Å². The van der Waals surface area contributed by atoms with Crippen LogP contribution >= 0.6 is 0 Å². The Labute approximate surface area is 185 Å². The molecule has 31 heavy (non-hydrogen) atoms. The van der Waals surface area contributed by atoms with Crippen molar-refractivity contribution in [1.29, 1.82) is 0 Å². The summed E-state index contributed by atoms with van der Waals surface area (Å²) >= 11 is 0. The molecular formula is C24H31NO5S. The highest BCUT2D eigenvalue weighted by Gasteiger charge is 2.26. The predicted molar refractivity (Wildman–Crippen MR) is 120 cm³/mol. The highest BCUT2D eigenvalue weighted by Crippen LogP contribution is 2.22. The molecule has 0 aromatic heterocycles. The summed E-state index contributed by atoms with van der Waals surface area (Å²) in [4.78, 5) is 12.3. The molecule has 0 radical (unpaired) electrons. The van der Waals surface area contributed by atoms with Crippen LogP contribution in [0.15, 0.2) is 60.7 Å². The zero-order chi connectivity index (χ0) is 21.9. The molecule has 2 aromatic carbocycles. The highest BCUT2D eigenvalue weighted by atomic mass is 32.2. The van der Waals surface area contributed by atoms with Gasteiger partial charge in [0, 0.05) is 6.04 Å². The van der Waals surface area contributed by atoms with Crippen LogP contribution in [0.3, 0.4) is 0 Å². The van der Waals surface area contributed by atoms with E-state index < -0.39 is 22.3 Å². The number of hydrogen-bond acceptors (Lipinski definition) is 5. The molecule has 0 heterocycles. The summed E-state index contributed by atoms with van der Waals surface area (Å²) in [7, 11) is -3.77. The Morgan fingerprint density at radius 1 is 0.935 bits per heavy atom. The van der Waals surface area contributed by atoms with Crippen LogP contribution in [0.1, 0.15) is 49.7 Å². The Hall–Kier alpha value is -2.38. The number of hydrogen-bond donors (Lipinski definition) is 1. The quantitative estimate of drug-likeness (QED) is 0.541. The molecule has 7 heteroatoms. The van der Waals surface area contributed by atoms with E-state index in [1.807, 2.05) is 60.7 Å². The summed E-state index contributed by atoms with van der Waals surface area (Å²) < 4.78 is 36.1. The number of rotatable bonds is 10. The van der Waals surface area contributed by atoms with Crippen molar-refractivity contribution < 1.29 is 22.1 Å². The van der Waals surface area contributed by atoms with Gasteiger partial charge >= 0.3 is 6.09 Å². The molecule has 2 aromatic rings. The van der Waals surface area contributed by atoms with Gasteiger partial charge in [0.1, 0.15) is 6.61 Å². The molecule has 0 aliphatic heterocycles. The number of ether oxygens (including phenoxy) is 1. The molecule has 3 rings (SSSR count). The van der Waals surface area contributed by atoms with Gasteiger partial charge < -0.3 is 10.1 Å². The van der Waals surface area contributed by atoms with Crippen molar-refractivity contribution in [3.8, 4) is 0 Å². The van der Waals surface area contributed by atoms with Gasteiger partial charge in [0.2, 0.25) is 0 Å². The number of nitrogens with one attached hydrogen (secondary N) is 1. The van der Waals surface area contributed by atoms with Gasteiger partial charge in [-0.1, -0.05) is 79.9 Å².